The highest BCUT2D eigenvalue weighted by molar-refractivity contribution is 9.10. The minimum absolute atomic E-state index is 0.0259. The molecule has 1 amide bonds. The lowest BCUT2D eigenvalue weighted by Crippen LogP contribution is -2.27. The van der Waals surface area contributed by atoms with Crippen LogP contribution in [-0.2, 0) is 0 Å². The number of nitrogens with one attached hydrogen (secondary N) is 1. The van der Waals surface area contributed by atoms with E-state index in [4.69, 9.17) is 0 Å². The fraction of sp³-hybridized carbons (Fsp3) is 0.688. The van der Waals surface area contributed by atoms with Crippen molar-refractivity contribution in [1.29, 1.82) is 0 Å². The Balaban J connectivity index is 2.32. The molecule has 1 N–H and O–H groups in total. The molecule has 3 nitrogen and oxygen atoms in total. The zero-order chi connectivity index (χ0) is 15.0. The quantitative estimate of drug-likeness (QED) is 0.634. The minimum Gasteiger partial charge on any atom is -0.351 e. The molecule has 1 rings (SSSR count). The second kappa shape index (κ2) is 9.22. The monoisotopic (exact) mass is 342 g/mol. The van der Waals surface area contributed by atoms with Crippen LogP contribution in [0.3, 0.4) is 0 Å². The van der Waals surface area contributed by atoms with Crippen LogP contribution >= 0.6 is 15.9 Å². The third kappa shape index (κ3) is 5.70. The molecule has 20 heavy (non-hydrogen) atoms. The number of rotatable bonds is 9. The van der Waals surface area contributed by atoms with Gasteiger partial charge in [0.1, 0.15) is 5.69 Å². The molecular weight excluding hydrogens is 316 g/mol. The van der Waals surface area contributed by atoms with Crippen molar-refractivity contribution in [2.45, 2.75) is 65.3 Å². The molecular formula is C16H27BrN2O. The molecule has 0 aliphatic rings. The maximum atomic E-state index is 12.2. The van der Waals surface area contributed by atoms with Crippen LogP contribution < -0.4 is 5.32 Å². The molecule has 0 aromatic carbocycles. The van der Waals surface area contributed by atoms with E-state index in [9.17, 15) is 4.79 Å². The largest absolute Gasteiger partial charge is 0.351 e. The number of amides is 1. The number of aromatic nitrogens is 1. The second-order valence-corrected chi connectivity index (χ2v) is 6.48. The first kappa shape index (κ1) is 17.3. The third-order valence-electron chi connectivity index (χ3n) is 3.42. The summed E-state index contributed by atoms with van der Waals surface area (Å²) >= 11 is 3.44. The first-order valence-corrected chi connectivity index (χ1v) is 8.51. The summed E-state index contributed by atoms with van der Waals surface area (Å²) in [5, 5.41) is 3.02. The number of carbonyl (C=O) groups is 1. The Labute approximate surface area is 131 Å². The molecule has 1 heterocycles. The summed E-state index contributed by atoms with van der Waals surface area (Å²) in [6.45, 7) is 7.15. The number of halogens is 1. The van der Waals surface area contributed by atoms with Crippen molar-refractivity contribution >= 4 is 21.8 Å². The third-order valence-corrected chi connectivity index (χ3v) is 3.85. The number of unbranched alkanes of at least 4 members (excludes halogenated alkanes) is 5. The van der Waals surface area contributed by atoms with Crippen LogP contribution in [0.15, 0.2) is 16.7 Å². The van der Waals surface area contributed by atoms with Crippen LogP contribution in [-0.4, -0.2) is 17.0 Å². The molecule has 0 spiro atoms. The standard InChI is InChI=1S/C16H27BrN2O/c1-4-5-6-7-8-9-10-18-16(20)15-11-14(17)12-19(15)13(2)3/h11-13H,4-10H2,1-3H3,(H,18,20). The lowest BCUT2D eigenvalue weighted by molar-refractivity contribution is 0.0942. The van der Waals surface area contributed by atoms with Crippen LogP contribution in [0.25, 0.3) is 0 Å². The van der Waals surface area contributed by atoms with E-state index in [1.54, 1.807) is 0 Å². The van der Waals surface area contributed by atoms with Gasteiger partial charge in [-0.25, -0.2) is 0 Å². The van der Waals surface area contributed by atoms with Gasteiger partial charge < -0.3 is 9.88 Å². The van der Waals surface area contributed by atoms with Gasteiger partial charge in [0.25, 0.3) is 5.91 Å². The zero-order valence-electron chi connectivity index (χ0n) is 12.9. The molecule has 1 aromatic rings. The van der Waals surface area contributed by atoms with Crippen molar-refractivity contribution in [3.05, 3.63) is 22.4 Å². The van der Waals surface area contributed by atoms with Crippen molar-refractivity contribution in [1.82, 2.24) is 9.88 Å². The number of hydrogen-bond donors (Lipinski definition) is 1. The highest BCUT2D eigenvalue weighted by Gasteiger charge is 2.14. The van der Waals surface area contributed by atoms with Gasteiger partial charge in [-0.3, -0.25) is 4.79 Å². The smallest absolute Gasteiger partial charge is 0.267 e. The maximum Gasteiger partial charge on any atom is 0.267 e. The Bertz CT molecular complexity index is 413. The van der Waals surface area contributed by atoms with E-state index in [1.165, 1.54) is 32.1 Å². The predicted molar refractivity (Wildman–Crippen MR) is 88.2 cm³/mol. The molecule has 114 valence electrons. The van der Waals surface area contributed by atoms with E-state index < -0.39 is 0 Å². The molecule has 0 atom stereocenters. The van der Waals surface area contributed by atoms with E-state index in [0.717, 1.165) is 23.1 Å². The van der Waals surface area contributed by atoms with Gasteiger partial charge in [-0.05, 0) is 42.3 Å². The Morgan fingerprint density at radius 3 is 2.55 bits per heavy atom. The summed E-state index contributed by atoms with van der Waals surface area (Å²) in [7, 11) is 0. The topological polar surface area (TPSA) is 34.0 Å². The Morgan fingerprint density at radius 2 is 1.90 bits per heavy atom. The van der Waals surface area contributed by atoms with Gasteiger partial charge in [-0.1, -0.05) is 39.0 Å². The summed E-state index contributed by atoms with van der Waals surface area (Å²) in [4.78, 5) is 12.2. The van der Waals surface area contributed by atoms with Crippen molar-refractivity contribution in [3.8, 4) is 0 Å². The zero-order valence-corrected chi connectivity index (χ0v) is 14.5. The average Bonchev–Trinajstić information content (AvgIpc) is 2.80. The molecule has 1 aromatic heterocycles. The normalized spacial score (nSPS) is 11.1. The maximum absolute atomic E-state index is 12.2. The molecule has 0 saturated heterocycles. The molecule has 0 bridgehead atoms. The summed E-state index contributed by atoms with van der Waals surface area (Å²) in [5.41, 5.74) is 0.734. The van der Waals surface area contributed by atoms with Crippen LogP contribution in [0.5, 0.6) is 0 Å². The first-order chi connectivity index (χ1) is 9.56. The van der Waals surface area contributed by atoms with Gasteiger partial charge >= 0.3 is 0 Å². The number of nitrogens with zero attached hydrogens (tertiary/aromatic N) is 1. The van der Waals surface area contributed by atoms with Crippen molar-refractivity contribution in [3.63, 3.8) is 0 Å². The van der Waals surface area contributed by atoms with Gasteiger partial charge in [0.2, 0.25) is 0 Å². The van der Waals surface area contributed by atoms with E-state index in [1.807, 2.05) is 16.8 Å². The van der Waals surface area contributed by atoms with E-state index >= 15 is 0 Å². The van der Waals surface area contributed by atoms with E-state index in [0.29, 0.717) is 0 Å². The van der Waals surface area contributed by atoms with Crippen LogP contribution in [0.2, 0.25) is 0 Å². The van der Waals surface area contributed by atoms with Gasteiger partial charge in [-0.15, -0.1) is 0 Å². The summed E-state index contributed by atoms with van der Waals surface area (Å²) in [6, 6.07) is 2.17. The van der Waals surface area contributed by atoms with Crippen LogP contribution in [0.4, 0.5) is 0 Å². The molecule has 0 aliphatic heterocycles. The van der Waals surface area contributed by atoms with Gasteiger partial charge in [0.15, 0.2) is 0 Å². The molecule has 4 heteroatoms. The molecule has 0 aliphatic carbocycles. The highest BCUT2D eigenvalue weighted by Crippen LogP contribution is 2.19. The number of hydrogen-bond acceptors (Lipinski definition) is 1. The highest BCUT2D eigenvalue weighted by atomic mass is 79.9. The second-order valence-electron chi connectivity index (χ2n) is 5.57. The van der Waals surface area contributed by atoms with E-state index in [2.05, 4.69) is 42.0 Å². The van der Waals surface area contributed by atoms with Crippen molar-refractivity contribution in [2.75, 3.05) is 6.54 Å². The van der Waals surface area contributed by atoms with Gasteiger partial charge in [0, 0.05) is 23.3 Å². The minimum atomic E-state index is 0.0259. The van der Waals surface area contributed by atoms with Crippen molar-refractivity contribution < 1.29 is 4.79 Å². The Morgan fingerprint density at radius 1 is 1.25 bits per heavy atom. The molecule has 0 fully saturated rings. The lowest BCUT2D eigenvalue weighted by Gasteiger charge is -2.12. The molecule has 0 unspecified atom stereocenters. The van der Waals surface area contributed by atoms with Gasteiger partial charge in [0.05, 0.1) is 0 Å². The van der Waals surface area contributed by atoms with Crippen LogP contribution in [0.1, 0.15) is 75.8 Å². The molecule has 0 radical (unpaired) electrons. The van der Waals surface area contributed by atoms with Crippen molar-refractivity contribution in [2.24, 2.45) is 0 Å². The fourth-order valence-corrected chi connectivity index (χ4v) is 2.69. The SMILES string of the molecule is CCCCCCCCNC(=O)c1cc(Br)cn1C(C)C. The first-order valence-electron chi connectivity index (χ1n) is 7.71. The van der Waals surface area contributed by atoms with Crippen LogP contribution in [0, 0.1) is 0 Å². The summed E-state index contributed by atoms with van der Waals surface area (Å²) in [6.07, 6.45) is 9.42. The average molecular weight is 343 g/mol. The lowest BCUT2D eigenvalue weighted by atomic mass is 10.1. The predicted octanol–water partition coefficient (Wildman–Crippen LogP) is 4.92. The summed E-state index contributed by atoms with van der Waals surface area (Å²) in [5.74, 6) is 0.0259. The van der Waals surface area contributed by atoms with E-state index in [-0.39, 0.29) is 11.9 Å². The Hall–Kier alpha value is -0.770. The number of carbonyl (C=O) groups excluding carboxylic acids is 1. The summed E-state index contributed by atoms with van der Waals surface area (Å²) < 4.78 is 2.96. The molecule has 0 saturated carbocycles. The fourth-order valence-electron chi connectivity index (χ4n) is 2.25. The van der Waals surface area contributed by atoms with Gasteiger partial charge in [-0.2, -0.15) is 0 Å². The Kier molecular flexibility index (Phi) is 7.97.